The summed E-state index contributed by atoms with van der Waals surface area (Å²) in [5.41, 5.74) is 2.64. The molecular formula is C22H19ClN2O3. The fraction of sp³-hybridized carbons (Fsp3) is 0.0909. The van der Waals surface area contributed by atoms with E-state index >= 15 is 0 Å². The van der Waals surface area contributed by atoms with Gasteiger partial charge in [-0.05, 0) is 48.5 Å². The Balaban J connectivity index is 1.63. The van der Waals surface area contributed by atoms with Crippen LogP contribution in [0.2, 0.25) is 5.02 Å². The Labute approximate surface area is 168 Å². The van der Waals surface area contributed by atoms with Gasteiger partial charge in [0.15, 0.2) is 0 Å². The third kappa shape index (κ3) is 5.34. The average Bonchev–Trinajstić information content (AvgIpc) is 2.69. The number of rotatable bonds is 6. The third-order valence-corrected chi connectivity index (χ3v) is 4.28. The van der Waals surface area contributed by atoms with Crippen LogP contribution in [0.25, 0.3) is 0 Å². The lowest BCUT2D eigenvalue weighted by atomic mass is 10.2. The summed E-state index contributed by atoms with van der Waals surface area (Å²) in [6.07, 6.45) is 0. The van der Waals surface area contributed by atoms with Crippen molar-refractivity contribution in [3.05, 3.63) is 88.9 Å². The molecule has 3 aromatic rings. The highest BCUT2D eigenvalue weighted by molar-refractivity contribution is 6.31. The van der Waals surface area contributed by atoms with Gasteiger partial charge in [-0.15, -0.1) is 0 Å². The standard InChI is InChI=1S/C22H19ClN2O3/c1-15(26)24-18-9-11-19(12-10-18)25-22(27)16-6-4-7-20(13-16)28-14-17-5-2-3-8-21(17)23/h2-13H,14H2,1H3,(H,24,26)(H,25,27). The molecule has 0 heterocycles. The smallest absolute Gasteiger partial charge is 0.255 e. The Morgan fingerprint density at radius 3 is 2.25 bits per heavy atom. The molecule has 0 radical (unpaired) electrons. The van der Waals surface area contributed by atoms with Crippen molar-refractivity contribution in [1.82, 2.24) is 0 Å². The van der Waals surface area contributed by atoms with Crippen molar-refractivity contribution in [2.45, 2.75) is 13.5 Å². The number of carbonyl (C=O) groups excluding carboxylic acids is 2. The minimum absolute atomic E-state index is 0.148. The van der Waals surface area contributed by atoms with Crippen LogP contribution in [0.4, 0.5) is 11.4 Å². The van der Waals surface area contributed by atoms with Gasteiger partial charge in [0.25, 0.3) is 5.91 Å². The van der Waals surface area contributed by atoms with Crippen molar-refractivity contribution in [3.8, 4) is 5.75 Å². The number of ether oxygens (including phenoxy) is 1. The van der Waals surface area contributed by atoms with Gasteiger partial charge in [-0.2, -0.15) is 0 Å². The first-order valence-electron chi connectivity index (χ1n) is 8.66. The van der Waals surface area contributed by atoms with Gasteiger partial charge in [0.05, 0.1) is 0 Å². The number of benzene rings is 3. The number of hydrogen-bond acceptors (Lipinski definition) is 3. The zero-order valence-electron chi connectivity index (χ0n) is 15.2. The molecule has 0 aromatic heterocycles. The van der Waals surface area contributed by atoms with E-state index < -0.39 is 0 Å². The van der Waals surface area contributed by atoms with E-state index in [1.807, 2.05) is 18.2 Å². The van der Waals surface area contributed by atoms with Crippen LogP contribution in [0.5, 0.6) is 5.75 Å². The van der Waals surface area contributed by atoms with Crippen LogP contribution in [0.3, 0.4) is 0 Å². The Hall–Kier alpha value is -3.31. The first-order chi connectivity index (χ1) is 13.5. The van der Waals surface area contributed by atoms with Crippen molar-refractivity contribution < 1.29 is 14.3 Å². The summed E-state index contributed by atoms with van der Waals surface area (Å²) in [4.78, 5) is 23.6. The lowest BCUT2D eigenvalue weighted by Crippen LogP contribution is -2.12. The summed E-state index contributed by atoms with van der Waals surface area (Å²) in [5, 5.41) is 6.14. The summed E-state index contributed by atoms with van der Waals surface area (Å²) >= 11 is 6.13. The molecule has 142 valence electrons. The van der Waals surface area contributed by atoms with Crippen LogP contribution >= 0.6 is 11.6 Å². The van der Waals surface area contributed by atoms with E-state index in [0.717, 1.165) is 5.56 Å². The molecular weight excluding hydrogens is 376 g/mol. The Kier molecular flexibility index (Phi) is 6.29. The highest BCUT2D eigenvalue weighted by Crippen LogP contribution is 2.20. The van der Waals surface area contributed by atoms with Gasteiger partial charge in [0.1, 0.15) is 12.4 Å². The second-order valence-electron chi connectivity index (χ2n) is 6.12. The molecule has 0 saturated heterocycles. The van der Waals surface area contributed by atoms with Crippen molar-refractivity contribution in [2.24, 2.45) is 0 Å². The Bertz CT molecular complexity index is 987. The first-order valence-corrected chi connectivity index (χ1v) is 9.04. The van der Waals surface area contributed by atoms with Gasteiger partial charge in [-0.25, -0.2) is 0 Å². The minimum Gasteiger partial charge on any atom is -0.489 e. The van der Waals surface area contributed by atoms with Gasteiger partial charge in [-0.3, -0.25) is 9.59 Å². The second-order valence-corrected chi connectivity index (χ2v) is 6.53. The maximum atomic E-state index is 12.5. The van der Waals surface area contributed by atoms with Crippen molar-refractivity contribution >= 4 is 34.8 Å². The predicted octanol–water partition coefficient (Wildman–Crippen LogP) is 5.13. The van der Waals surface area contributed by atoms with Crippen molar-refractivity contribution in [3.63, 3.8) is 0 Å². The van der Waals surface area contributed by atoms with E-state index in [1.165, 1.54) is 6.92 Å². The molecule has 0 unspecified atom stereocenters. The molecule has 5 nitrogen and oxygen atoms in total. The van der Waals surface area contributed by atoms with Crippen LogP contribution in [0.1, 0.15) is 22.8 Å². The molecule has 0 bridgehead atoms. The molecule has 0 aliphatic rings. The lowest BCUT2D eigenvalue weighted by molar-refractivity contribution is -0.114. The number of nitrogens with one attached hydrogen (secondary N) is 2. The maximum absolute atomic E-state index is 12.5. The molecule has 0 aliphatic heterocycles. The molecule has 2 N–H and O–H groups in total. The molecule has 0 saturated carbocycles. The van der Waals surface area contributed by atoms with E-state index in [9.17, 15) is 9.59 Å². The van der Waals surface area contributed by atoms with Crippen LogP contribution in [-0.4, -0.2) is 11.8 Å². The lowest BCUT2D eigenvalue weighted by Gasteiger charge is -2.10. The number of amides is 2. The van der Waals surface area contributed by atoms with Gasteiger partial charge in [0, 0.05) is 34.4 Å². The largest absolute Gasteiger partial charge is 0.489 e. The van der Waals surface area contributed by atoms with E-state index in [1.54, 1.807) is 54.6 Å². The molecule has 0 spiro atoms. The summed E-state index contributed by atoms with van der Waals surface area (Å²) in [6, 6.07) is 21.3. The first kappa shape index (κ1) is 19.5. The van der Waals surface area contributed by atoms with Crippen LogP contribution in [-0.2, 0) is 11.4 Å². The molecule has 3 aromatic carbocycles. The maximum Gasteiger partial charge on any atom is 0.255 e. The van der Waals surface area contributed by atoms with Crippen LogP contribution in [0, 0.1) is 0 Å². The molecule has 2 amide bonds. The highest BCUT2D eigenvalue weighted by Gasteiger charge is 2.08. The van der Waals surface area contributed by atoms with Gasteiger partial charge < -0.3 is 15.4 Å². The molecule has 3 rings (SSSR count). The zero-order chi connectivity index (χ0) is 19.9. The SMILES string of the molecule is CC(=O)Nc1ccc(NC(=O)c2cccc(OCc3ccccc3Cl)c2)cc1. The fourth-order valence-electron chi connectivity index (χ4n) is 2.55. The van der Waals surface area contributed by atoms with Gasteiger partial charge in [-0.1, -0.05) is 35.9 Å². The number of carbonyl (C=O) groups is 2. The predicted molar refractivity (Wildman–Crippen MR) is 111 cm³/mol. The van der Waals surface area contributed by atoms with Crippen LogP contribution in [0.15, 0.2) is 72.8 Å². The zero-order valence-corrected chi connectivity index (χ0v) is 16.0. The van der Waals surface area contributed by atoms with E-state index in [2.05, 4.69) is 10.6 Å². The topological polar surface area (TPSA) is 67.4 Å². The number of anilines is 2. The monoisotopic (exact) mass is 394 g/mol. The molecule has 28 heavy (non-hydrogen) atoms. The summed E-state index contributed by atoms with van der Waals surface area (Å²) < 4.78 is 5.76. The van der Waals surface area contributed by atoms with Crippen LogP contribution < -0.4 is 15.4 Å². The molecule has 0 aliphatic carbocycles. The van der Waals surface area contributed by atoms with E-state index in [-0.39, 0.29) is 11.8 Å². The summed E-state index contributed by atoms with van der Waals surface area (Å²) in [6.45, 7) is 1.76. The van der Waals surface area contributed by atoms with Crippen molar-refractivity contribution in [2.75, 3.05) is 10.6 Å². The Morgan fingerprint density at radius 2 is 1.57 bits per heavy atom. The highest BCUT2D eigenvalue weighted by atomic mass is 35.5. The van der Waals surface area contributed by atoms with Crippen molar-refractivity contribution in [1.29, 1.82) is 0 Å². The number of halogens is 1. The van der Waals surface area contributed by atoms with E-state index in [0.29, 0.717) is 34.3 Å². The van der Waals surface area contributed by atoms with E-state index in [4.69, 9.17) is 16.3 Å². The minimum atomic E-state index is -0.254. The summed E-state index contributed by atoms with van der Waals surface area (Å²) in [7, 11) is 0. The fourth-order valence-corrected chi connectivity index (χ4v) is 2.74. The Morgan fingerprint density at radius 1 is 0.893 bits per heavy atom. The average molecular weight is 395 g/mol. The third-order valence-electron chi connectivity index (χ3n) is 3.91. The van der Waals surface area contributed by atoms with Gasteiger partial charge in [0.2, 0.25) is 5.91 Å². The number of hydrogen-bond donors (Lipinski definition) is 2. The molecule has 0 fully saturated rings. The summed E-state index contributed by atoms with van der Waals surface area (Å²) in [5.74, 6) is 0.175. The quantitative estimate of drug-likeness (QED) is 0.609. The van der Waals surface area contributed by atoms with Gasteiger partial charge >= 0.3 is 0 Å². The normalized spacial score (nSPS) is 10.2. The second kappa shape index (κ2) is 9.06. The molecule has 0 atom stereocenters. The molecule has 6 heteroatoms.